The second-order valence-electron chi connectivity index (χ2n) is 8.25. The third-order valence-electron chi connectivity index (χ3n) is 5.81. The minimum absolute atomic E-state index is 0.102. The van der Waals surface area contributed by atoms with Crippen LogP contribution in [0.1, 0.15) is 85.0 Å². The Kier molecular flexibility index (Phi) is 11.6. The van der Waals surface area contributed by atoms with Crippen LogP contribution < -0.4 is 10.6 Å². The fourth-order valence-corrected chi connectivity index (χ4v) is 5.15. The second-order valence-corrected chi connectivity index (χ2v) is 10.0. The minimum atomic E-state index is -0.574. The number of unbranched alkanes of at least 4 members (excludes halogenated alkanes) is 3. The van der Waals surface area contributed by atoms with E-state index in [-0.39, 0.29) is 11.6 Å². The molecule has 2 N–H and O–H groups in total. The van der Waals surface area contributed by atoms with Crippen molar-refractivity contribution < 1.29 is 14.0 Å². The average Bonchev–Trinajstić information content (AvgIpc) is 2.79. The van der Waals surface area contributed by atoms with Crippen molar-refractivity contribution >= 4 is 40.9 Å². The van der Waals surface area contributed by atoms with Crippen molar-refractivity contribution in [3.8, 4) is 0 Å². The molecule has 0 aliphatic heterocycles. The lowest BCUT2D eigenvalue weighted by molar-refractivity contribution is -0.119. The summed E-state index contributed by atoms with van der Waals surface area (Å²) >= 11 is 7.85. The Bertz CT molecular complexity index is 824. The van der Waals surface area contributed by atoms with Crippen LogP contribution in [0.15, 0.2) is 28.2 Å². The summed E-state index contributed by atoms with van der Waals surface area (Å²) in [7, 11) is 0. The molecule has 1 aromatic carbocycles. The van der Waals surface area contributed by atoms with Crippen LogP contribution >= 0.6 is 23.4 Å². The van der Waals surface area contributed by atoms with E-state index in [1.165, 1.54) is 6.07 Å². The van der Waals surface area contributed by atoms with Crippen molar-refractivity contribution in [1.82, 2.24) is 5.32 Å². The van der Waals surface area contributed by atoms with E-state index in [0.29, 0.717) is 40.8 Å². The smallest absolute Gasteiger partial charge is 0.252 e. The van der Waals surface area contributed by atoms with E-state index in [2.05, 4.69) is 31.4 Å². The summed E-state index contributed by atoms with van der Waals surface area (Å²) in [5, 5.41) is 6.37. The van der Waals surface area contributed by atoms with E-state index in [0.717, 1.165) is 56.3 Å². The molecular weight excluding hydrogens is 447 g/mol. The first-order valence-electron chi connectivity index (χ1n) is 11.9. The minimum Gasteiger partial charge on any atom is -0.352 e. The fourth-order valence-electron chi connectivity index (χ4n) is 3.81. The molecule has 32 heavy (non-hydrogen) atoms. The van der Waals surface area contributed by atoms with Gasteiger partial charge in [-0.2, -0.15) is 0 Å². The molecule has 0 spiro atoms. The summed E-state index contributed by atoms with van der Waals surface area (Å²) < 4.78 is 14.6. The molecule has 0 unspecified atom stereocenters. The van der Waals surface area contributed by atoms with Crippen LogP contribution in [0.2, 0.25) is 5.02 Å². The van der Waals surface area contributed by atoms with Crippen LogP contribution in [0, 0.1) is 5.82 Å². The number of carbonyl (C=O) groups is 2. The summed E-state index contributed by atoms with van der Waals surface area (Å²) in [6.07, 6.45) is 9.06. The number of rotatable bonds is 12. The number of amides is 2. The zero-order valence-electron chi connectivity index (χ0n) is 19.5. The molecule has 0 radical (unpaired) electrons. The molecule has 178 valence electrons. The number of hydrogen-bond acceptors (Lipinski definition) is 3. The van der Waals surface area contributed by atoms with E-state index >= 15 is 0 Å². The van der Waals surface area contributed by atoms with Crippen molar-refractivity contribution in [1.29, 1.82) is 0 Å². The Morgan fingerprint density at radius 1 is 1.03 bits per heavy atom. The first-order valence-corrected chi connectivity index (χ1v) is 13.1. The summed E-state index contributed by atoms with van der Waals surface area (Å²) in [4.78, 5) is 26.5. The van der Waals surface area contributed by atoms with Gasteiger partial charge in [-0.05, 0) is 57.1 Å². The van der Waals surface area contributed by atoms with E-state index < -0.39 is 11.7 Å². The Morgan fingerprint density at radius 2 is 1.69 bits per heavy atom. The van der Waals surface area contributed by atoms with E-state index in [4.69, 9.17) is 11.6 Å². The summed E-state index contributed by atoms with van der Waals surface area (Å²) in [5.74, 6) is -1.15. The van der Waals surface area contributed by atoms with Gasteiger partial charge < -0.3 is 10.6 Å². The number of nitrogens with one attached hydrogen (secondary N) is 2. The van der Waals surface area contributed by atoms with Crippen LogP contribution in [0.25, 0.3) is 0 Å². The van der Waals surface area contributed by atoms with E-state index in [9.17, 15) is 14.0 Å². The maximum atomic E-state index is 14.6. The van der Waals surface area contributed by atoms with Gasteiger partial charge in [0.1, 0.15) is 5.82 Å². The molecule has 0 heterocycles. The highest BCUT2D eigenvalue weighted by Gasteiger charge is 2.25. The van der Waals surface area contributed by atoms with Crippen LogP contribution in [-0.2, 0) is 9.59 Å². The van der Waals surface area contributed by atoms with Crippen molar-refractivity contribution in [3.63, 3.8) is 0 Å². The highest BCUT2D eigenvalue weighted by Crippen LogP contribution is 2.36. The molecule has 0 bridgehead atoms. The van der Waals surface area contributed by atoms with Gasteiger partial charge >= 0.3 is 0 Å². The van der Waals surface area contributed by atoms with Gasteiger partial charge in [0.05, 0.1) is 10.7 Å². The number of hydrogen-bond donors (Lipinski definition) is 2. The first-order chi connectivity index (χ1) is 15.4. The number of thioether (sulfide) groups is 1. The summed E-state index contributed by atoms with van der Waals surface area (Å²) in [6.45, 7) is 6.97. The first kappa shape index (κ1) is 26.7. The molecule has 0 saturated heterocycles. The monoisotopic (exact) mass is 482 g/mol. The third-order valence-corrected chi connectivity index (χ3v) is 7.82. The normalized spacial score (nSPS) is 14.1. The van der Waals surface area contributed by atoms with Gasteiger partial charge in [-0.3, -0.25) is 9.59 Å². The standard InChI is InChI=1S/C25H36ClFN2O2S/c1-4-7-8-11-14-28-24(30)18-12-9-10-13-19(18)25(31)29-22-16-23(20(26)15-21(22)27)32-17(5-2)6-3/h15-17H,4-14H2,1-3H3,(H,28,30)(H,29,31). The average molecular weight is 483 g/mol. The van der Waals surface area contributed by atoms with E-state index in [1.54, 1.807) is 17.8 Å². The van der Waals surface area contributed by atoms with Gasteiger partial charge in [-0.1, -0.05) is 51.6 Å². The second kappa shape index (κ2) is 13.9. The molecule has 1 aliphatic carbocycles. The highest BCUT2D eigenvalue weighted by molar-refractivity contribution is 8.00. The maximum Gasteiger partial charge on any atom is 0.252 e. The Labute approximate surface area is 201 Å². The number of halogens is 2. The van der Waals surface area contributed by atoms with Crippen LogP contribution in [0.4, 0.5) is 10.1 Å². The lowest BCUT2D eigenvalue weighted by Gasteiger charge is -2.20. The number of benzene rings is 1. The van der Waals surface area contributed by atoms with Crippen molar-refractivity contribution in [2.45, 2.75) is 95.1 Å². The largest absolute Gasteiger partial charge is 0.352 e. The third kappa shape index (κ3) is 7.80. The van der Waals surface area contributed by atoms with Gasteiger partial charge in [-0.15, -0.1) is 11.8 Å². The van der Waals surface area contributed by atoms with Crippen LogP contribution in [0.3, 0.4) is 0 Å². The molecule has 0 saturated carbocycles. The van der Waals surface area contributed by atoms with Gasteiger partial charge in [-0.25, -0.2) is 4.39 Å². The predicted octanol–water partition coefficient (Wildman–Crippen LogP) is 7.27. The molecule has 0 aromatic heterocycles. The molecule has 7 heteroatoms. The van der Waals surface area contributed by atoms with Gasteiger partial charge in [0, 0.05) is 27.8 Å². The van der Waals surface area contributed by atoms with Gasteiger partial charge in [0.25, 0.3) is 5.91 Å². The lowest BCUT2D eigenvalue weighted by atomic mass is 9.90. The quantitative estimate of drug-likeness (QED) is 0.243. The molecule has 2 rings (SSSR count). The van der Waals surface area contributed by atoms with E-state index in [1.807, 2.05) is 0 Å². The topological polar surface area (TPSA) is 58.2 Å². The van der Waals surface area contributed by atoms with Crippen molar-refractivity contribution in [2.24, 2.45) is 0 Å². The molecule has 1 aliphatic rings. The maximum absolute atomic E-state index is 14.6. The summed E-state index contributed by atoms with van der Waals surface area (Å²) in [5.41, 5.74) is 1.10. The Hall–Kier alpha value is -1.53. The number of anilines is 1. The number of carbonyl (C=O) groups excluding carboxylic acids is 2. The van der Waals surface area contributed by atoms with Crippen molar-refractivity contribution in [3.05, 3.63) is 34.1 Å². The van der Waals surface area contributed by atoms with Crippen LogP contribution in [-0.4, -0.2) is 23.6 Å². The lowest BCUT2D eigenvalue weighted by Crippen LogP contribution is -2.30. The molecule has 2 amide bonds. The zero-order chi connectivity index (χ0) is 23.5. The molecule has 4 nitrogen and oxygen atoms in total. The van der Waals surface area contributed by atoms with Crippen molar-refractivity contribution in [2.75, 3.05) is 11.9 Å². The summed E-state index contributed by atoms with van der Waals surface area (Å²) in [6, 6.07) is 2.86. The fraction of sp³-hybridized carbons (Fsp3) is 0.600. The molecular formula is C25H36ClFN2O2S. The highest BCUT2D eigenvalue weighted by atomic mass is 35.5. The zero-order valence-corrected chi connectivity index (χ0v) is 21.1. The predicted molar refractivity (Wildman–Crippen MR) is 133 cm³/mol. The molecule has 0 atom stereocenters. The molecule has 0 fully saturated rings. The van der Waals surface area contributed by atoms with Gasteiger partial charge in [0.2, 0.25) is 5.91 Å². The molecule has 1 aromatic rings. The Morgan fingerprint density at radius 3 is 2.31 bits per heavy atom. The Balaban J connectivity index is 2.15. The SMILES string of the molecule is CCCCCCNC(=O)C1=C(C(=O)Nc2cc(SC(CC)CC)c(Cl)cc2F)CCCC1. The van der Waals surface area contributed by atoms with Gasteiger partial charge in [0.15, 0.2) is 0 Å². The van der Waals surface area contributed by atoms with Crippen LogP contribution in [0.5, 0.6) is 0 Å².